The second kappa shape index (κ2) is 3.90. The molecule has 0 bridgehead atoms. The van der Waals surface area contributed by atoms with Crippen LogP contribution in [0.1, 0.15) is 30.1 Å². The van der Waals surface area contributed by atoms with E-state index in [1.807, 2.05) is 6.07 Å². The first-order valence-corrected chi connectivity index (χ1v) is 6.69. The molecule has 0 saturated heterocycles. The van der Waals surface area contributed by atoms with Crippen LogP contribution < -0.4 is 0 Å². The molecule has 0 spiro atoms. The molecule has 0 fully saturated rings. The largest absolute Gasteiger partial charge is 0.264 e. The number of hydrogen-bond donors (Lipinski definition) is 0. The Morgan fingerprint density at radius 2 is 2.33 bits per heavy atom. The van der Waals surface area contributed by atoms with Crippen LogP contribution in [0.5, 0.6) is 0 Å². The minimum absolute atomic E-state index is 0.327. The number of nitrogens with zero attached hydrogens (tertiary/aromatic N) is 1. The van der Waals surface area contributed by atoms with Crippen molar-refractivity contribution in [2.75, 3.05) is 6.26 Å². The van der Waals surface area contributed by atoms with Crippen LogP contribution >= 0.6 is 0 Å². The first kappa shape index (κ1) is 10.6. The standard InChI is InChI=1S/C10H13NO3S/c1-15(12,13)14-10-4-2-3-8-7-11-6-5-9(8)10/h5-7,10H,2-4H2,1H3. The van der Waals surface area contributed by atoms with Crippen molar-refractivity contribution < 1.29 is 12.6 Å². The van der Waals surface area contributed by atoms with E-state index in [9.17, 15) is 8.42 Å². The van der Waals surface area contributed by atoms with Crippen molar-refractivity contribution in [1.82, 2.24) is 4.98 Å². The summed E-state index contributed by atoms with van der Waals surface area (Å²) in [5.41, 5.74) is 2.05. The van der Waals surface area contributed by atoms with Crippen molar-refractivity contribution in [1.29, 1.82) is 0 Å². The lowest BCUT2D eigenvalue weighted by Gasteiger charge is -2.23. The van der Waals surface area contributed by atoms with Crippen molar-refractivity contribution in [3.05, 3.63) is 29.6 Å². The molecular weight excluding hydrogens is 214 g/mol. The molecule has 0 radical (unpaired) electrons. The van der Waals surface area contributed by atoms with Crippen LogP contribution in [0.3, 0.4) is 0 Å². The molecule has 1 atom stereocenters. The molecule has 15 heavy (non-hydrogen) atoms. The Bertz CT molecular complexity index is 455. The van der Waals surface area contributed by atoms with E-state index in [1.165, 1.54) is 0 Å². The summed E-state index contributed by atoms with van der Waals surface area (Å²) < 4.78 is 27.2. The summed E-state index contributed by atoms with van der Waals surface area (Å²) >= 11 is 0. The van der Waals surface area contributed by atoms with Crippen LogP contribution in [0.15, 0.2) is 18.5 Å². The zero-order chi connectivity index (χ0) is 10.9. The summed E-state index contributed by atoms with van der Waals surface area (Å²) in [6.45, 7) is 0. The van der Waals surface area contributed by atoms with Gasteiger partial charge in [-0.1, -0.05) is 0 Å². The summed E-state index contributed by atoms with van der Waals surface area (Å²) in [6, 6.07) is 1.84. The van der Waals surface area contributed by atoms with Crippen molar-refractivity contribution in [3.8, 4) is 0 Å². The van der Waals surface area contributed by atoms with Gasteiger partial charge in [0.15, 0.2) is 0 Å². The molecule has 82 valence electrons. The van der Waals surface area contributed by atoms with E-state index in [-0.39, 0.29) is 6.10 Å². The third-order valence-electron chi connectivity index (χ3n) is 2.49. The fraction of sp³-hybridized carbons (Fsp3) is 0.500. The molecule has 1 aliphatic carbocycles. The van der Waals surface area contributed by atoms with E-state index in [0.29, 0.717) is 0 Å². The van der Waals surface area contributed by atoms with Gasteiger partial charge in [-0.2, -0.15) is 8.42 Å². The second-order valence-electron chi connectivity index (χ2n) is 3.76. The van der Waals surface area contributed by atoms with Crippen LogP contribution in [0.2, 0.25) is 0 Å². The lowest BCUT2D eigenvalue weighted by Crippen LogP contribution is -2.16. The molecule has 1 aromatic rings. The molecule has 2 rings (SSSR count). The molecule has 5 heteroatoms. The molecule has 0 N–H and O–H groups in total. The van der Waals surface area contributed by atoms with Gasteiger partial charge in [0.1, 0.15) is 6.10 Å². The van der Waals surface area contributed by atoms with Crippen molar-refractivity contribution in [2.45, 2.75) is 25.4 Å². The van der Waals surface area contributed by atoms with Crippen molar-refractivity contribution >= 4 is 10.1 Å². The molecule has 0 amide bonds. The number of aromatic nitrogens is 1. The summed E-state index contributed by atoms with van der Waals surface area (Å²) in [6.07, 6.45) is 6.86. The normalized spacial score (nSPS) is 21.0. The van der Waals surface area contributed by atoms with Crippen LogP contribution in [-0.2, 0) is 20.7 Å². The third kappa shape index (κ3) is 2.54. The molecule has 1 aromatic heterocycles. The van der Waals surface area contributed by atoms with Gasteiger partial charge >= 0.3 is 0 Å². The fourth-order valence-electron chi connectivity index (χ4n) is 1.91. The number of aryl methyl sites for hydroxylation is 1. The van der Waals surface area contributed by atoms with Gasteiger partial charge in [0.2, 0.25) is 0 Å². The third-order valence-corrected chi connectivity index (χ3v) is 3.07. The smallest absolute Gasteiger partial charge is 0.264 e. The van der Waals surface area contributed by atoms with E-state index in [2.05, 4.69) is 4.98 Å². The van der Waals surface area contributed by atoms with Gasteiger partial charge in [0, 0.05) is 12.4 Å². The highest BCUT2D eigenvalue weighted by molar-refractivity contribution is 7.86. The molecular formula is C10H13NO3S. The van der Waals surface area contributed by atoms with Gasteiger partial charge < -0.3 is 0 Å². The molecule has 1 heterocycles. The predicted octanol–water partition coefficient (Wildman–Crippen LogP) is 1.44. The summed E-state index contributed by atoms with van der Waals surface area (Å²) in [5.74, 6) is 0. The molecule has 1 aliphatic rings. The summed E-state index contributed by atoms with van der Waals surface area (Å²) in [7, 11) is -3.39. The predicted molar refractivity (Wildman–Crippen MR) is 55.8 cm³/mol. The van der Waals surface area contributed by atoms with Gasteiger partial charge in [-0.15, -0.1) is 0 Å². The maximum atomic E-state index is 11.1. The molecule has 4 nitrogen and oxygen atoms in total. The van der Waals surface area contributed by atoms with Crippen LogP contribution in [0, 0.1) is 0 Å². The first-order chi connectivity index (χ1) is 7.06. The van der Waals surface area contributed by atoms with E-state index in [4.69, 9.17) is 4.18 Å². The molecule has 1 unspecified atom stereocenters. The Hall–Kier alpha value is -0.940. The molecule has 0 aromatic carbocycles. The van der Waals surface area contributed by atoms with Crippen LogP contribution in [0.25, 0.3) is 0 Å². The highest BCUT2D eigenvalue weighted by Crippen LogP contribution is 2.32. The summed E-state index contributed by atoms with van der Waals surface area (Å²) in [4.78, 5) is 4.02. The number of fused-ring (bicyclic) bond motifs is 1. The quantitative estimate of drug-likeness (QED) is 0.717. The van der Waals surface area contributed by atoms with E-state index in [0.717, 1.165) is 36.6 Å². The minimum atomic E-state index is -3.39. The maximum absolute atomic E-state index is 11.1. The Kier molecular flexibility index (Phi) is 2.75. The van der Waals surface area contributed by atoms with Gasteiger partial charge in [-0.25, -0.2) is 0 Å². The Labute approximate surface area is 89.4 Å². The average molecular weight is 227 g/mol. The lowest BCUT2D eigenvalue weighted by molar-refractivity contribution is 0.193. The fourth-order valence-corrected chi connectivity index (χ4v) is 2.53. The Morgan fingerprint density at radius 1 is 1.53 bits per heavy atom. The van der Waals surface area contributed by atoms with Crippen LogP contribution in [0.4, 0.5) is 0 Å². The number of pyridine rings is 1. The maximum Gasteiger partial charge on any atom is 0.264 e. The SMILES string of the molecule is CS(=O)(=O)OC1CCCc2cnccc21. The zero-order valence-corrected chi connectivity index (χ0v) is 9.33. The molecule has 0 saturated carbocycles. The Balaban J connectivity index is 2.30. The monoisotopic (exact) mass is 227 g/mol. The van der Waals surface area contributed by atoms with Crippen molar-refractivity contribution in [2.24, 2.45) is 0 Å². The van der Waals surface area contributed by atoms with Crippen molar-refractivity contribution in [3.63, 3.8) is 0 Å². The minimum Gasteiger partial charge on any atom is -0.264 e. The topological polar surface area (TPSA) is 56.3 Å². The van der Waals surface area contributed by atoms with Gasteiger partial charge in [0.05, 0.1) is 6.26 Å². The first-order valence-electron chi connectivity index (χ1n) is 4.87. The highest BCUT2D eigenvalue weighted by Gasteiger charge is 2.23. The van der Waals surface area contributed by atoms with Gasteiger partial charge in [0.25, 0.3) is 10.1 Å². The Morgan fingerprint density at radius 3 is 3.07 bits per heavy atom. The van der Waals surface area contributed by atoms with Crippen LogP contribution in [-0.4, -0.2) is 19.7 Å². The second-order valence-corrected chi connectivity index (χ2v) is 5.36. The number of rotatable bonds is 2. The lowest BCUT2D eigenvalue weighted by atomic mass is 9.91. The molecule has 0 aliphatic heterocycles. The highest BCUT2D eigenvalue weighted by atomic mass is 32.2. The van der Waals surface area contributed by atoms with Gasteiger partial charge in [-0.05, 0) is 36.5 Å². The average Bonchev–Trinajstić information content (AvgIpc) is 2.16. The van der Waals surface area contributed by atoms with E-state index < -0.39 is 10.1 Å². The zero-order valence-electron chi connectivity index (χ0n) is 8.51. The summed E-state index contributed by atoms with van der Waals surface area (Å²) in [5, 5.41) is 0. The van der Waals surface area contributed by atoms with E-state index >= 15 is 0 Å². The van der Waals surface area contributed by atoms with E-state index in [1.54, 1.807) is 12.4 Å². The number of hydrogen-bond acceptors (Lipinski definition) is 4. The van der Waals surface area contributed by atoms with Gasteiger partial charge in [-0.3, -0.25) is 9.17 Å².